The Kier molecular flexibility index (Phi) is 3.33. The fourth-order valence-corrected chi connectivity index (χ4v) is 2.01. The number of hydrogen-bond acceptors (Lipinski definition) is 1. The maximum Gasteiger partial charge on any atom is 0.0130 e. The van der Waals surface area contributed by atoms with Crippen molar-refractivity contribution >= 4 is 11.0 Å². The first-order valence-electron chi connectivity index (χ1n) is 4.21. The van der Waals surface area contributed by atoms with E-state index in [1.165, 1.54) is 19.3 Å². The molecule has 1 N–H and O–H groups in total. The number of rotatable bonds is 0. The number of nitrogens with one attached hydrogen (secondary N) is 1. The van der Waals surface area contributed by atoms with Crippen molar-refractivity contribution in [2.24, 2.45) is 0 Å². The lowest BCUT2D eigenvalue weighted by Gasteiger charge is -2.42. The van der Waals surface area contributed by atoms with Gasteiger partial charge < -0.3 is 5.32 Å². The largest absolute Gasteiger partial charge is 0.307 e. The zero-order valence-corrected chi connectivity index (χ0v) is 9.12. The van der Waals surface area contributed by atoms with E-state index in [0.29, 0.717) is 11.1 Å². The van der Waals surface area contributed by atoms with E-state index in [0.717, 1.165) is 0 Å². The Morgan fingerprint density at radius 3 is 1.45 bits per heavy atom. The van der Waals surface area contributed by atoms with E-state index >= 15 is 0 Å². The van der Waals surface area contributed by atoms with Crippen LogP contribution < -0.4 is 5.32 Å². The fourth-order valence-electron chi connectivity index (χ4n) is 2.01. The van der Waals surface area contributed by atoms with Crippen LogP contribution in [0.25, 0.3) is 0 Å². The molecule has 1 aliphatic rings. The van der Waals surface area contributed by atoms with Crippen molar-refractivity contribution in [1.82, 2.24) is 5.32 Å². The zero-order chi connectivity index (χ0) is 7.83. The first-order valence-corrected chi connectivity index (χ1v) is 4.21. The molecule has 0 aromatic carbocycles. The Morgan fingerprint density at radius 1 is 0.909 bits per heavy atom. The van der Waals surface area contributed by atoms with Crippen molar-refractivity contribution in [1.29, 1.82) is 0 Å². The van der Waals surface area contributed by atoms with E-state index in [2.05, 4.69) is 33.0 Å². The van der Waals surface area contributed by atoms with Crippen molar-refractivity contribution in [3.63, 3.8) is 0 Å². The van der Waals surface area contributed by atoms with Gasteiger partial charge >= 0.3 is 0 Å². The minimum absolute atomic E-state index is 0. The second kappa shape index (κ2) is 3.28. The second-order valence-corrected chi connectivity index (χ2v) is 4.75. The average molecular weight is 169 g/mol. The first-order chi connectivity index (χ1) is 4.41. The predicted molar refractivity (Wildman–Crippen MR) is 50.9 cm³/mol. The second-order valence-electron chi connectivity index (χ2n) is 4.75. The van der Waals surface area contributed by atoms with Crippen LogP contribution >= 0.6 is 0 Å². The highest BCUT2D eigenvalue weighted by atomic mass is 28.1. The molecule has 1 heterocycles. The molecule has 2 heteroatoms. The van der Waals surface area contributed by atoms with Gasteiger partial charge in [-0.05, 0) is 47.0 Å². The molecule has 11 heavy (non-hydrogen) atoms. The molecule has 0 atom stereocenters. The van der Waals surface area contributed by atoms with E-state index in [4.69, 9.17) is 0 Å². The van der Waals surface area contributed by atoms with Crippen LogP contribution in [0.2, 0.25) is 0 Å². The maximum atomic E-state index is 3.63. The van der Waals surface area contributed by atoms with Gasteiger partial charge in [-0.15, -0.1) is 0 Å². The van der Waals surface area contributed by atoms with E-state index in [1.54, 1.807) is 0 Å². The summed E-state index contributed by atoms with van der Waals surface area (Å²) >= 11 is 0. The van der Waals surface area contributed by atoms with Gasteiger partial charge in [0, 0.05) is 22.0 Å². The molecule has 0 amide bonds. The van der Waals surface area contributed by atoms with Crippen LogP contribution in [0.4, 0.5) is 0 Å². The summed E-state index contributed by atoms with van der Waals surface area (Å²) in [6.45, 7) is 9.14. The summed E-state index contributed by atoms with van der Waals surface area (Å²) in [6, 6.07) is 0. The predicted octanol–water partition coefficient (Wildman–Crippen LogP) is 1.94. The molecule has 1 saturated heterocycles. The molecule has 1 nitrogen and oxygen atoms in total. The Balaban J connectivity index is 0.000001000. The summed E-state index contributed by atoms with van der Waals surface area (Å²) in [4.78, 5) is 0. The summed E-state index contributed by atoms with van der Waals surface area (Å²) in [6.07, 6.45) is 4.00. The molecule has 0 bridgehead atoms. The van der Waals surface area contributed by atoms with Crippen LogP contribution in [-0.2, 0) is 0 Å². The molecule has 1 aliphatic heterocycles. The van der Waals surface area contributed by atoms with Crippen LogP contribution in [0.5, 0.6) is 0 Å². The summed E-state index contributed by atoms with van der Waals surface area (Å²) in [5.74, 6) is 0. The maximum absolute atomic E-state index is 3.63. The molecule has 0 aromatic heterocycles. The summed E-state index contributed by atoms with van der Waals surface area (Å²) in [5.41, 5.74) is 0.726. The van der Waals surface area contributed by atoms with Gasteiger partial charge in [-0.3, -0.25) is 0 Å². The van der Waals surface area contributed by atoms with Gasteiger partial charge in [-0.1, -0.05) is 0 Å². The lowest BCUT2D eigenvalue weighted by atomic mass is 9.83. The van der Waals surface area contributed by atoms with Crippen LogP contribution in [0, 0.1) is 0 Å². The molecule has 0 aromatic rings. The smallest absolute Gasteiger partial charge is 0.0130 e. The molecule has 4 radical (unpaired) electrons. The fraction of sp³-hybridized carbons (Fsp3) is 1.00. The van der Waals surface area contributed by atoms with Crippen molar-refractivity contribution in [2.45, 2.75) is 58.0 Å². The van der Waals surface area contributed by atoms with E-state index in [1.807, 2.05) is 0 Å². The molecule has 0 saturated carbocycles. The third kappa shape index (κ3) is 3.39. The van der Waals surface area contributed by atoms with Gasteiger partial charge in [0.1, 0.15) is 0 Å². The standard InChI is InChI=1S/C9H19N.Si/c1-8(2)6-5-7-9(3,4)10-8;/h10H,5-7H2,1-4H3;. The van der Waals surface area contributed by atoms with Gasteiger partial charge in [0.2, 0.25) is 0 Å². The molecule has 1 rings (SSSR count). The highest BCUT2D eigenvalue weighted by Crippen LogP contribution is 2.27. The molecule has 0 aliphatic carbocycles. The van der Waals surface area contributed by atoms with Gasteiger partial charge in [0.05, 0.1) is 0 Å². The molecule has 0 spiro atoms. The Hall–Kier alpha value is 0.177. The lowest BCUT2D eigenvalue weighted by Crippen LogP contribution is -2.55. The normalized spacial score (nSPS) is 27.3. The molecule has 64 valence electrons. The quantitative estimate of drug-likeness (QED) is 0.546. The summed E-state index contributed by atoms with van der Waals surface area (Å²) in [5, 5.41) is 3.63. The van der Waals surface area contributed by atoms with Gasteiger partial charge in [-0.2, -0.15) is 0 Å². The van der Waals surface area contributed by atoms with Crippen LogP contribution in [0.1, 0.15) is 47.0 Å². The Bertz CT molecular complexity index is 116. The van der Waals surface area contributed by atoms with Gasteiger partial charge in [-0.25, -0.2) is 0 Å². The van der Waals surface area contributed by atoms with Crippen molar-refractivity contribution in [3.8, 4) is 0 Å². The summed E-state index contributed by atoms with van der Waals surface area (Å²) < 4.78 is 0. The Morgan fingerprint density at radius 2 is 1.27 bits per heavy atom. The Labute approximate surface area is 75.0 Å². The summed E-state index contributed by atoms with van der Waals surface area (Å²) in [7, 11) is 0. The van der Waals surface area contributed by atoms with E-state index in [-0.39, 0.29) is 11.0 Å². The third-order valence-electron chi connectivity index (χ3n) is 2.28. The molecular formula is C9H19NSi. The molecular weight excluding hydrogens is 150 g/mol. The minimum atomic E-state index is 0. The van der Waals surface area contributed by atoms with Gasteiger partial charge in [0.15, 0.2) is 0 Å². The van der Waals surface area contributed by atoms with Crippen LogP contribution in [0.3, 0.4) is 0 Å². The lowest BCUT2D eigenvalue weighted by molar-refractivity contribution is 0.183. The van der Waals surface area contributed by atoms with Crippen LogP contribution in [0.15, 0.2) is 0 Å². The number of hydrogen-bond donors (Lipinski definition) is 1. The highest BCUT2D eigenvalue weighted by Gasteiger charge is 2.31. The van der Waals surface area contributed by atoms with Crippen LogP contribution in [-0.4, -0.2) is 22.0 Å². The van der Waals surface area contributed by atoms with E-state index in [9.17, 15) is 0 Å². The molecule has 1 fully saturated rings. The number of piperidine rings is 1. The zero-order valence-electron chi connectivity index (χ0n) is 8.12. The highest BCUT2D eigenvalue weighted by molar-refractivity contribution is 5.75. The van der Waals surface area contributed by atoms with Crippen molar-refractivity contribution in [3.05, 3.63) is 0 Å². The topological polar surface area (TPSA) is 12.0 Å². The minimum Gasteiger partial charge on any atom is -0.307 e. The molecule has 0 unspecified atom stereocenters. The monoisotopic (exact) mass is 169 g/mol. The van der Waals surface area contributed by atoms with Gasteiger partial charge in [0.25, 0.3) is 0 Å². The SMILES string of the molecule is CC1(C)CCCC(C)(C)N1.[Si]. The van der Waals surface area contributed by atoms with Crippen molar-refractivity contribution < 1.29 is 0 Å². The average Bonchev–Trinajstić information content (AvgIpc) is 1.56. The first kappa shape index (κ1) is 11.2. The van der Waals surface area contributed by atoms with Crippen molar-refractivity contribution in [2.75, 3.05) is 0 Å². The van der Waals surface area contributed by atoms with E-state index < -0.39 is 0 Å². The third-order valence-corrected chi connectivity index (χ3v) is 2.28.